The molecule has 2 aromatic carbocycles. The van der Waals surface area contributed by atoms with Gasteiger partial charge in [0.25, 0.3) is 0 Å². The average molecular weight is 324 g/mol. The molecule has 0 aliphatic carbocycles. The van der Waals surface area contributed by atoms with Gasteiger partial charge in [0.15, 0.2) is 0 Å². The van der Waals surface area contributed by atoms with Gasteiger partial charge in [-0.1, -0.05) is 30.3 Å². The van der Waals surface area contributed by atoms with Crippen molar-refractivity contribution >= 4 is 16.8 Å². The highest BCUT2D eigenvalue weighted by atomic mass is 16.3. The molecule has 3 aromatic rings. The number of fused-ring (bicyclic) bond motifs is 1. The number of carbonyl (C=O) groups is 1. The standard InChI is InChI=1S/C19H20N2O3/c1-20(12-18(23)15-6-8-16(22)9-7-15)19(24)13-21-11-10-14-4-2-3-5-17(14)21/h2-11,18,22-23H,12-13H2,1H3. The zero-order valence-corrected chi connectivity index (χ0v) is 13.5. The van der Waals surface area contributed by atoms with E-state index in [9.17, 15) is 15.0 Å². The van der Waals surface area contributed by atoms with Gasteiger partial charge in [0.1, 0.15) is 12.3 Å². The highest BCUT2D eigenvalue weighted by molar-refractivity contribution is 5.83. The third kappa shape index (κ3) is 3.41. The van der Waals surface area contributed by atoms with Crippen LogP contribution in [0.25, 0.3) is 10.9 Å². The molecule has 2 N–H and O–H groups in total. The summed E-state index contributed by atoms with van der Waals surface area (Å²) in [5.74, 6) is 0.0732. The summed E-state index contributed by atoms with van der Waals surface area (Å²) in [5.41, 5.74) is 1.68. The second-order valence-corrected chi connectivity index (χ2v) is 5.88. The maximum Gasteiger partial charge on any atom is 0.242 e. The van der Waals surface area contributed by atoms with Crippen molar-refractivity contribution in [3.8, 4) is 5.75 Å². The SMILES string of the molecule is CN(CC(O)c1ccc(O)cc1)C(=O)Cn1ccc2ccccc21. The predicted octanol–water partition coefficient (Wildman–Crippen LogP) is 2.54. The van der Waals surface area contributed by atoms with Crippen LogP contribution in [0.2, 0.25) is 0 Å². The molecule has 0 fully saturated rings. The quantitative estimate of drug-likeness (QED) is 0.758. The summed E-state index contributed by atoms with van der Waals surface area (Å²) in [6.45, 7) is 0.426. The molecule has 0 saturated heterocycles. The number of benzene rings is 2. The van der Waals surface area contributed by atoms with Crippen LogP contribution in [0.1, 0.15) is 11.7 Å². The van der Waals surface area contributed by atoms with Gasteiger partial charge in [0, 0.05) is 18.8 Å². The van der Waals surface area contributed by atoms with Gasteiger partial charge in [-0.05, 0) is 35.2 Å². The van der Waals surface area contributed by atoms with Crippen LogP contribution >= 0.6 is 0 Å². The van der Waals surface area contributed by atoms with Gasteiger partial charge in [0.05, 0.1) is 12.6 Å². The molecule has 5 nitrogen and oxygen atoms in total. The minimum Gasteiger partial charge on any atom is -0.508 e. The van der Waals surface area contributed by atoms with Crippen LogP contribution in [-0.2, 0) is 11.3 Å². The first-order chi connectivity index (χ1) is 11.5. The lowest BCUT2D eigenvalue weighted by Crippen LogP contribution is -2.33. The molecule has 0 radical (unpaired) electrons. The van der Waals surface area contributed by atoms with Crippen molar-refractivity contribution in [3.05, 3.63) is 66.4 Å². The van der Waals surface area contributed by atoms with Gasteiger partial charge in [-0.2, -0.15) is 0 Å². The number of aliphatic hydroxyl groups excluding tert-OH is 1. The Morgan fingerprint density at radius 2 is 1.83 bits per heavy atom. The number of hydrogen-bond donors (Lipinski definition) is 2. The van der Waals surface area contributed by atoms with Gasteiger partial charge < -0.3 is 19.7 Å². The van der Waals surface area contributed by atoms with E-state index in [2.05, 4.69) is 0 Å². The minimum absolute atomic E-state index is 0.0748. The Kier molecular flexibility index (Phi) is 4.53. The van der Waals surface area contributed by atoms with Gasteiger partial charge in [-0.25, -0.2) is 0 Å². The van der Waals surface area contributed by atoms with Crippen molar-refractivity contribution in [2.24, 2.45) is 0 Å². The van der Waals surface area contributed by atoms with Crippen LogP contribution in [0, 0.1) is 0 Å². The van der Waals surface area contributed by atoms with Gasteiger partial charge in [-0.15, -0.1) is 0 Å². The number of aromatic nitrogens is 1. The van der Waals surface area contributed by atoms with Crippen molar-refractivity contribution in [2.75, 3.05) is 13.6 Å². The lowest BCUT2D eigenvalue weighted by atomic mass is 10.1. The highest BCUT2D eigenvalue weighted by Gasteiger charge is 2.16. The van der Waals surface area contributed by atoms with Crippen molar-refractivity contribution in [1.82, 2.24) is 9.47 Å². The number of amides is 1. The lowest BCUT2D eigenvalue weighted by Gasteiger charge is -2.21. The number of likely N-dealkylation sites (N-methyl/N-ethyl adjacent to an activating group) is 1. The number of nitrogens with zero attached hydrogens (tertiary/aromatic N) is 2. The smallest absolute Gasteiger partial charge is 0.242 e. The van der Waals surface area contributed by atoms with Gasteiger partial charge in [0.2, 0.25) is 5.91 Å². The van der Waals surface area contributed by atoms with Crippen molar-refractivity contribution in [2.45, 2.75) is 12.6 Å². The summed E-state index contributed by atoms with van der Waals surface area (Å²) in [6.07, 6.45) is 1.10. The first kappa shape index (κ1) is 16.1. The molecule has 1 aromatic heterocycles. The van der Waals surface area contributed by atoms with E-state index < -0.39 is 6.10 Å². The average Bonchev–Trinajstić information content (AvgIpc) is 2.98. The summed E-state index contributed by atoms with van der Waals surface area (Å²) in [5, 5.41) is 20.6. The third-order valence-corrected chi connectivity index (χ3v) is 4.14. The van der Waals surface area contributed by atoms with Crippen molar-refractivity contribution < 1.29 is 15.0 Å². The zero-order chi connectivity index (χ0) is 17.1. The molecular formula is C19H20N2O3. The van der Waals surface area contributed by atoms with Crippen LogP contribution in [0.5, 0.6) is 5.75 Å². The lowest BCUT2D eigenvalue weighted by molar-refractivity contribution is -0.131. The van der Waals surface area contributed by atoms with Crippen LogP contribution in [0.3, 0.4) is 0 Å². The molecule has 3 rings (SSSR count). The number of rotatable bonds is 5. The van der Waals surface area contributed by atoms with Crippen LogP contribution in [0.4, 0.5) is 0 Å². The third-order valence-electron chi connectivity index (χ3n) is 4.14. The summed E-state index contributed by atoms with van der Waals surface area (Å²) in [7, 11) is 1.68. The molecule has 1 amide bonds. The molecule has 124 valence electrons. The molecule has 1 atom stereocenters. The van der Waals surface area contributed by atoms with Crippen LogP contribution in [0.15, 0.2) is 60.8 Å². The molecular weight excluding hydrogens is 304 g/mol. The van der Waals surface area contributed by atoms with E-state index in [4.69, 9.17) is 0 Å². The van der Waals surface area contributed by atoms with E-state index in [-0.39, 0.29) is 24.7 Å². The highest BCUT2D eigenvalue weighted by Crippen LogP contribution is 2.18. The van der Waals surface area contributed by atoms with Crippen molar-refractivity contribution in [1.29, 1.82) is 0 Å². The minimum atomic E-state index is -0.791. The number of para-hydroxylation sites is 1. The Bertz CT molecular complexity index is 839. The van der Waals surface area contributed by atoms with Gasteiger partial charge >= 0.3 is 0 Å². The van der Waals surface area contributed by atoms with Crippen molar-refractivity contribution in [3.63, 3.8) is 0 Å². The van der Waals surface area contributed by atoms with Crippen LogP contribution < -0.4 is 0 Å². The van der Waals surface area contributed by atoms with E-state index in [1.165, 1.54) is 17.0 Å². The van der Waals surface area contributed by atoms with E-state index in [0.29, 0.717) is 5.56 Å². The summed E-state index contributed by atoms with van der Waals surface area (Å²) < 4.78 is 1.90. The number of aromatic hydroxyl groups is 1. The second kappa shape index (κ2) is 6.76. The number of aliphatic hydroxyl groups is 1. The summed E-state index contributed by atoms with van der Waals surface area (Å²) in [4.78, 5) is 13.9. The van der Waals surface area contributed by atoms with Gasteiger partial charge in [-0.3, -0.25) is 4.79 Å². The Hall–Kier alpha value is -2.79. The molecule has 24 heavy (non-hydrogen) atoms. The molecule has 5 heteroatoms. The number of phenolic OH excluding ortho intramolecular Hbond substituents is 1. The normalized spacial score (nSPS) is 12.2. The Labute approximate surface area is 140 Å². The molecule has 0 spiro atoms. The predicted molar refractivity (Wildman–Crippen MR) is 92.6 cm³/mol. The Morgan fingerprint density at radius 3 is 2.58 bits per heavy atom. The molecule has 0 bridgehead atoms. The number of carbonyl (C=O) groups excluding carboxylic acids is 1. The monoisotopic (exact) mass is 324 g/mol. The molecule has 0 aliphatic heterocycles. The fraction of sp³-hybridized carbons (Fsp3) is 0.211. The maximum absolute atomic E-state index is 12.4. The van der Waals surface area contributed by atoms with E-state index in [1.54, 1.807) is 19.2 Å². The fourth-order valence-corrected chi connectivity index (χ4v) is 2.71. The Morgan fingerprint density at radius 1 is 1.12 bits per heavy atom. The maximum atomic E-state index is 12.4. The fourth-order valence-electron chi connectivity index (χ4n) is 2.71. The first-order valence-electron chi connectivity index (χ1n) is 7.79. The number of hydrogen-bond acceptors (Lipinski definition) is 3. The topological polar surface area (TPSA) is 65.7 Å². The summed E-state index contributed by atoms with van der Waals surface area (Å²) >= 11 is 0. The zero-order valence-electron chi connectivity index (χ0n) is 13.5. The molecule has 0 saturated carbocycles. The first-order valence-corrected chi connectivity index (χ1v) is 7.79. The van der Waals surface area contributed by atoms with Crippen LogP contribution in [-0.4, -0.2) is 39.2 Å². The van der Waals surface area contributed by atoms with E-state index in [0.717, 1.165) is 10.9 Å². The summed E-state index contributed by atoms with van der Waals surface area (Å²) in [6, 6.07) is 16.2. The molecule has 0 aliphatic rings. The Balaban J connectivity index is 1.65. The number of phenols is 1. The second-order valence-electron chi connectivity index (χ2n) is 5.88. The molecule has 1 heterocycles. The van der Waals surface area contributed by atoms with E-state index >= 15 is 0 Å². The molecule has 1 unspecified atom stereocenters. The van der Waals surface area contributed by atoms with E-state index in [1.807, 2.05) is 41.1 Å². The largest absolute Gasteiger partial charge is 0.508 e.